The Kier molecular flexibility index (Phi) is 10.7. The maximum absolute atomic E-state index is 15.7. The first-order chi connectivity index (χ1) is 25.5. The Labute approximate surface area is 317 Å². The van der Waals surface area contributed by atoms with E-state index in [1.165, 1.54) is 7.11 Å². The van der Waals surface area contributed by atoms with Crippen molar-refractivity contribution in [2.45, 2.75) is 63.3 Å². The summed E-state index contributed by atoms with van der Waals surface area (Å²) >= 11 is 13.6. The SMILES string of the molecule is COCCN1CCc2c(nc(C(=O)Nc3cccc(-c4cccc5c4CCC5Oc4cc(OC)c(CNC5(C(=O)O)CCC5)c(F)c4Cl)c3Cl)n2C)C1. The van der Waals surface area contributed by atoms with Crippen LogP contribution >= 0.6 is 23.2 Å². The number of ether oxygens (including phenoxy) is 3. The van der Waals surface area contributed by atoms with Gasteiger partial charge >= 0.3 is 5.97 Å². The van der Waals surface area contributed by atoms with Crippen molar-refractivity contribution >= 4 is 40.8 Å². The third-order valence-electron chi connectivity index (χ3n) is 10.8. The molecule has 1 aliphatic heterocycles. The van der Waals surface area contributed by atoms with Crippen LogP contribution in [0.15, 0.2) is 42.5 Å². The largest absolute Gasteiger partial charge is 0.496 e. The Morgan fingerprint density at radius 1 is 1.08 bits per heavy atom. The quantitative estimate of drug-likeness (QED) is 0.132. The van der Waals surface area contributed by atoms with E-state index in [2.05, 4.69) is 15.5 Å². The number of imidazole rings is 1. The summed E-state index contributed by atoms with van der Waals surface area (Å²) in [5.41, 5.74) is 5.07. The van der Waals surface area contributed by atoms with Crippen molar-refractivity contribution in [3.8, 4) is 22.6 Å². The molecule has 0 spiro atoms. The molecule has 1 fully saturated rings. The van der Waals surface area contributed by atoms with Crippen molar-refractivity contribution in [1.29, 1.82) is 0 Å². The molecule has 2 heterocycles. The number of halogens is 3. The van der Waals surface area contributed by atoms with E-state index in [1.807, 2.05) is 41.9 Å². The average Bonchev–Trinajstić information content (AvgIpc) is 3.70. The van der Waals surface area contributed by atoms with Crippen LogP contribution in [0.1, 0.15) is 70.5 Å². The number of carboxylic acids is 1. The van der Waals surface area contributed by atoms with Crippen molar-refractivity contribution < 1.29 is 33.3 Å². The lowest BCUT2D eigenvalue weighted by Gasteiger charge is -2.38. The van der Waals surface area contributed by atoms with Gasteiger partial charge in [-0.2, -0.15) is 0 Å². The van der Waals surface area contributed by atoms with Crippen LogP contribution in [0.4, 0.5) is 10.1 Å². The van der Waals surface area contributed by atoms with Crippen LogP contribution in [0.25, 0.3) is 11.1 Å². The Morgan fingerprint density at radius 3 is 2.57 bits per heavy atom. The van der Waals surface area contributed by atoms with E-state index in [1.54, 1.807) is 19.2 Å². The topological polar surface area (TPSA) is 127 Å². The lowest BCUT2D eigenvalue weighted by molar-refractivity contribution is -0.148. The molecule has 3 aliphatic rings. The van der Waals surface area contributed by atoms with E-state index >= 15 is 4.39 Å². The number of carboxylic acid groups (broad SMARTS) is 1. The molecule has 1 atom stereocenters. The summed E-state index contributed by atoms with van der Waals surface area (Å²) in [4.78, 5) is 32.4. The molecule has 4 aromatic rings. The minimum Gasteiger partial charge on any atom is -0.496 e. The molecule has 11 nitrogen and oxygen atoms in total. The summed E-state index contributed by atoms with van der Waals surface area (Å²) in [6.07, 6.45) is 3.36. The van der Waals surface area contributed by atoms with Crippen LogP contribution < -0.4 is 20.1 Å². The standard InChI is InChI=1S/C39H42Cl2FN5O6/c1-46-29-13-16-47(17-18-51-2)21-28(29)44-36(46)37(48)45-27-10-5-9-25(33(27)40)22-7-4-8-24-23(22)11-12-30(24)53-32-19-31(52-3)26(35(42)34(32)41)20-43-39(38(49)50)14-6-15-39/h4-5,7-10,19,30,43H,6,11-18,20-21H2,1-3H3,(H,45,48)(H,49,50). The molecule has 1 aromatic heterocycles. The Bertz CT molecular complexity index is 2070. The van der Waals surface area contributed by atoms with E-state index in [9.17, 15) is 14.7 Å². The molecule has 53 heavy (non-hydrogen) atoms. The number of amides is 1. The Morgan fingerprint density at radius 2 is 1.85 bits per heavy atom. The number of fused-ring (bicyclic) bond motifs is 2. The summed E-state index contributed by atoms with van der Waals surface area (Å²) in [6.45, 7) is 2.91. The zero-order valence-electron chi connectivity index (χ0n) is 29.9. The van der Waals surface area contributed by atoms with Gasteiger partial charge in [-0.15, -0.1) is 0 Å². The van der Waals surface area contributed by atoms with Gasteiger partial charge in [0.15, 0.2) is 11.6 Å². The van der Waals surface area contributed by atoms with Gasteiger partial charge in [0, 0.05) is 69.6 Å². The van der Waals surface area contributed by atoms with Crippen LogP contribution in [-0.2, 0) is 42.5 Å². The second-order valence-electron chi connectivity index (χ2n) is 13.8. The minimum absolute atomic E-state index is 0.0605. The molecule has 0 radical (unpaired) electrons. The van der Waals surface area contributed by atoms with Gasteiger partial charge in [-0.05, 0) is 54.9 Å². The molecule has 2 aliphatic carbocycles. The molecule has 280 valence electrons. The first kappa shape index (κ1) is 37.1. The summed E-state index contributed by atoms with van der Waals surface area (Å²) < 4.78 is 34.7. The number of carbonyl (C=O) groups is 2. The number of methoxy groups -OCH3 is 2. The molecule has 14 heteroatoms. The van der Waals surface area contributed by atoms with Gasteiger partial charge in [0.05, 0.1) is 30.1 Å². The Balaban J connectivity index is 1.09. The van der Waals surface area contributed by atoms with Crippen molar-refractivity contribution in [3.05, 3.63) is 92.2 Å². The fourth-order valence-electron chi connectivity index (χ4n) is 7.66. The van der Waals surface area contributed by atoms with Gasteiger partial charge in [0.1, 0.15) is 28.2 Å². The monoisotopic (exact) mass is 765 g/mol. The van der Waals surface area contributed by atoms with E-state index in [4.69, 9.17) is 42.4 Å². The lowest BCUT2D eigenvalue weighted by atomic mass is 9.76. The van der Waals surface area contributed by atoms with Gasteiger partial charge < -0.3 is 29.2 Å². The number of aliphatic carboxylic acids is 1. The molecule has 1 saturated carbocycles. The third kappa shape index (κ3) is 6.99. The van der Waals surface area contributed by atoms with Gasteiger partial charge in [0.2, 0.25) is 0 Å². The van der Waals surface area contributed by atoms with Crippen molar-refractivity contribution in [2.24, 2.45) is 7.05 Å². The predicted molar refractivity (Wildman–Crippen MR) is 200 cm³/mol. The van der Waals surface area contributed by atoms with E-state index in [0.717, 1.165) is 59.6 Å². The normalized spacial score (nSPS) is 17.5. The van der Waals surface area contributed by atoms with Gasteiger partial charge in [0.25, 0.3) is 5.91 Å². The maximum atomic E-state index is 15.7. The lowest BCUT2D eigenvalue weighted by Crippen LogP contribution is -2.56. The number of rotatable bonds is 13. The first-order valence-electron chi connectivity index (χ1n) is 17.7. The summed E-state index contributed by atoms with van der Waals surface area (Å²) in [5.74, 6) is -1.36. The van der Waals surface area contributed by atoms with Crippen LogP contribution in [0, 0.1) is 5.82 Å². The number of benzene rings is 3. The van der Waals surface area contributed by atoms with Crippen LogP contribution in [0.2, 0.25) is 10.0 Å². The second-order valence-corrected chi connectivity index (χ2v) is 14.6. The van der Waals surface area contributed by atoms with Crippen LogP contribution in [-0.4, -0.2) is 70.9 Å². The molecule has 1 unspecified atom stereocenters. The fraction of sp³-hybridized carbons (Fsp3) is 0.410. The van der Waals surface area contributed by atoms with Crippen molar-refractivity contribution in [2.75, 3.05) is 39.2 Å². The van der Waals surface area contributed by atoms with Crippen molar-refractivity contribution in [1.82, 2.24) is 19.8 Å². The second kappa shape index (κ2) is 15.3. The van der Waals surface area contributed by atoms with Gasteiger partial charge in [-0.1, -0.05) is 53.5 Å². The minimum atomic E-state index is -1.08. The highest BCUT2D eigenvalue weighted by atomic mass is 35.5. The zero-order chi connectivity index (χ0) is 37.4. The number of hydrogen-bond acceptors (Lipinski definition) is 8. The Hall–Kier alpha value is -4.20. The van der Waals surface area contributed by atoms with E-state index in [-0.39, 0.29) is 34.5 Å². The first-order valence-corrected chi connectivity index (χ1v) is 18.5. The smallest absolute Gasteiger partial charge is 0.323 e. The molecule has 3 N–H and O–H groups in total. The number of nitrogens with one attached hydrogen (secondary N) is 2. The molecule has 1 amide bonds. The maximum Gasteiger partial charge on any atom is 0.323 e. The van der Waals surface area contributed by atoms with E-state index in [0.29, 0.717) is 55.4 Å². The highest BCUT2D eigenvalue weighted by Gasteiger charge is 2.44. The molecule has 3 aromatic carbocycles. The molecular formula is C39H42Cl2FN5O6. The third-order valence-corrected chi connectivity index (χ3v) is 11.6. The van der Waals surface area contributed by atoms with Crippen LogP contribution in [0.3, 0.4) is 0 Å². The highest BCUT2D eigenvalue weighted by Crippen LogP contribution is 2.46. The van der Waals surface area contributed by atoms with E-state index < -0.39 is 23.4 Å². The zero-order valence-corrected chi connectivity index (χ0v) is 31.4. The number of nitrogens with zero attached hydrogens (tertiary/aromatic N) is 3. The van der Waals surface area contributed by atoms with Gasteiger partial charge in [-0.3, -0.25) is 19.8 Å². The molecule has 0 bridgehead atoms. The summed E-state index contributed by atoms with van der Waals surface area (Å²) in [5, 5.41) is 15.9. The van der Waals surface area contributed by atoms with Crippen LogP contribution in [0.5, 0.6) is 11.5 Å². The predicted octanol–water partition coefficient (Wildman–Crippen LogP) is 6.96. The number of anilines is 1. The molecule has 0 saturated heterocycles. The number of hydrogen-bond donors (Lipinski definition) is 3. The van der Waals surface area contributed by atoms with Gasteiger partial charge in [-0.25, -0.2) is 9.37 Å². The van der Waals surface area contributed by atoms with Crippen molar-refractivity contribution in [3.63, 3.8) is 0 Å². The molecular weight excluding hydrogens is 724 g/mol. The summed E-state index contributed by atoms with van der Waals surface area (Å²) in [7, 11) is 4.97. The fourth-order valence-corrected chi connectivity index (χ4v) is 8.15. The number of carbonyl (C=O) groups excluding carboxylic acids is 1. The highest BCUT2D eigenvalue weighted by molar-refractivity contribution is 6.36. The summed E-state index contributed by atoms with van der Waals surface area (Å²) in [6, 6.07) is 13.0. The number of aromatic nitrogens is 2. The molecule has 7 rings (SSSR count). The average molecular weight is 767 g/mol.